The number of piperidine rings is 1. The molecule has 18 heavy (non-hydrogen) atoms. The molecule has 2 nitrogen and oxygen atoms in total. The van der Waals surface area contributed by atoms with Crippen molar-refractivity contribution in [2.45, 2.75) is 45.7 Å². The summed E-state index contributed by atoms with van der Waals surface area (Å²) in [6.07, 6.45) is 2.44. The standard InChI is InChI=1S/C15H23BrN2/c1-10-7-11(2)15(14(16)8-10)17-13-5-6-18(4)12(3)9-13/h7-8,12-13,17H,5-6,9H2,1-4H3. The van der Waals surface area contributed by atoms with E-state index < -0.39 is 0 Å². The number of nitrogens with one attached hydrogen (secondary N) is 1. The minimum absolute atomic E-state index is 0.592. The largest absolute Gasteiger partial charge is 0.381 e. The van der Waals surface area contributed by atoms with Crippen LogP contribution in [0.5, 0.6) is 0 Å². The molecule has 1 aromatic rings. The molecule has 2 atom stereocenters. The van der Waals surface area contributed by atoms with Gasteiger partial charge in [0.15, 0.2) is 0 Å². The maximum absolute atomic E-state index is 3.72. The third-order valence-corrected chi connectivity index (χ3v) is 4.61. The zero-order valence-corrected chi connectivity index (χ0v) is 13.3. The van der Waals surface area contributed by atoms with Crippen LogP contribution in [0.2, 0.25) is 0 Å². The number of benzene rings is 1. The Balaban J connectivity index is 2.10. The van der Waals surface area contributed by atoms with Crippen molar-refractivity contribution >= 4 is 21.6 Å². The average molecular weight is 311 g/mol. The van der Waals surface area contributed by atoms with Crippen LogP contribution in [0.15, 0.2) is 16.6 Å². The van der Waals surface area contributed by atoms with Crippen LogP contribution in [0.3, 0.4) is 0 Å². The van der Waals surface area contributed by atoms with Gasteiger partial charge in [0.2, 0.25) is 0 Å². The van der Waals surface area contributed by atoms with Crippen molar-refractivity contribution in [3.63, 3.8) is 0 Å². The van der Waals surface area contributed by atoms with Gasteiger partial charge in [0.25, 0.3) is 0 Å². The van der Waals surface area contributed by atoms with Crippen LogP contribution in [-0.2, 0) is 0 Å². The SMILES string of the molecule is Cc1cc(C)c(NC2CCN(C)C(C)C2)c(Br)c1. The van der Waals surface area contributed by atoms with E-state index in [2.05, 4.69) is 66.1 Å². The van der Waals surface area contributed by atoms with Crippen LogP contribution in [0, 0.1) is 13.8 Å². The molecule has 1 aliphatic rings. The number of aryl methyl sites for hydroxylation is 2. The Bertz CT molecular complexity index is 407. The van der Waals surface area contributed by atoms with Gasteiger partial charge in [-0.1, -0.05) is 6.07 Å². The van der Waals surface area contributed by atoms with Gasteiger partial charge >= 0.3 is 0 Å². The summed E-state index contributed by atoms with van der Waals surface area (Å²) in [7, 11) is 2.22. The number of halogens is 1. The Labute approximate surface area is 119 Å². The van der Waals surface area contributed by atoms with Gasteiger partial charge < -0.3 is 10.2 Å². The van der Waals surface area contributed by atoms with E-state index >= 15 is 0 Å². The highest BCUT2D eigenvalue weighted by Crippen LogP contribution is 2.30. The van der Waals surface area contributed by atoms with Crippen LogP contribution < -0.4 is 5.32 Å². The van der Waals surface area contributed by atoms with Gasteiger partial charge in [-0.2, -0.15) is 0 Å². The summed E-state index contributed by atoms with van der Waals surface area (Å²) in [5.41, 5.74) is 3.90. The predicted molar refractivity (Wildman–Crippen MR) is 82.4 cm³/mol. The second-order valence-electron chi connectivity index (χ2n) is 5.63. The lowest BCUT2D eigenvalue weighted by Gasteiger charge is -2.36. The molecule has 1 fully saturated rings. The van der Waals surface area contributed by atoms with Crippen molar-refractivity contribution in [1.29, 1.82) is 0 Å². The molecule has 1 heterocycles. The normalized spacial score (nSPS) is 25.2. The lowest BCUT2D eigenvalue weighted by molar-refractivity contribution is 0.190. The number of anilines is 1. The average Bonchev–Trinajstić information content (AvgIpc) is 2.28. The van der Waals surface area contributed by atoms with E-state index in [-0.39, 0.29) is 0 Å². The Morgan fingerprint density at radius 2 is 2.06 bits per heavy atom. The highest BCUT2D eigenvalue weighted by Gasteiger charge is 2.23. The van der Waals surface area contributed by atoms with Crippen molar-refractivity contribution in [3.8, 4) is 0 Å². The Morgan fingerprint density at radius 3 is 2.67 bits per heavy atom. The van der Waals surface area contributed by atoms with Gasteiger partial charge in [0, 0.05) is 23.1 Å². The molecule has 0 bridgehead atoms. The molecule has 1 aliphatic heterocycles. The summed E-state index contributed by atoms with van der Waals surface area (Å²) in [5.74, 6) is 0. The predicted octanol–water partition coefficient (Wildman–Crippen LogP) is 3.96. The molecular weight excluding hydrogens is 288 g/mol. The first kappa shape index (κ1) is 13.9. The van der Waals surface area contributed by atoms with Gasteiger partial charge in [-0.3, -0.25) is 0 Å². The van der Waals surface area contributed by atoms with Gasteiger partial charge in [-0.05, 0) is 73.8 Å². The molecule has 0 aromatic heterocycles. The first-order valence-electron chi connectivity index (χ1n) is 6.71. The maximum atomic E-state index is 3.72. The van der Waals surface area contributed by atoms with Crippen molar-refractivity contribution in [2.24, 2.45) is 0 Å². The number of hydrogen-bond donors (Lipinski definition) is 1. The quantitative estimate of drug-likeness (QED) is 0.889. The Hall–Kier alpha value is -0.540. The molecule has 3 heteroatoms. The third-order valence-electron chi connectivity index (χ3n) is 3.99. The van der Waals surface area contributed by atoms with Crippen LogP contribution >= 0.6 is 15.9 Å². The maximum Gasteiger partial charge on any atom is 0.0516 e. The molecule has 100 valence electrons. The number of rotatable bonds is 2. The fraction of sp³-hybridized carbons (Fsp3) is 0.600. The van der Waals surface area contributed by atoms with E-state index in [9.17, 15) is 0 Å². The zero-order valence-electron chi connectivity index (χ0n) is 11.8. The molecule has 0 amide bonds. The molecule has 0 spiro atoms. The van der Waals surface area contributed by atoms with E-state index in [1.54, 1.807) is 0 Å². The highest BCUT2D eigenvalue weighted by molar-refractivity contribution is 9.10. The minimum atomic E-state index is 0.592. The molecular formula is C15H23BrN2. The summed E-state index contributed by atoms with van der Waals surface area (Å²) in [5, 5.41) is 3.72. The van der Waals surface area contributed by atoms with E-state index in [4.69, 9.17) is 0 Å². The first-order chi connectivity index (χ1) is 8.47. The summed E-state index contributed by atoms with van der Waals surface area (Å²) < 4.78 is 1.19. The molecule has 2 rings (SSSR count). The van der Waals surface area contributed by atoms with Gasteiger partial charge in [-0.15, -0.1) is 0 Å². The lowest BCUT2D eigenvalue weighted by Crippen LogP contribution is -2.42. The topological polar surface area (TPSA) is 15.3 Å². The molecule has 0 saturated carbocycles. The molecule has 0 radical (unpaired) electrons. The third kappa shape index (κ3) is 3.07. The highest BCUT2D eigenvalue weighted by atomic mass is 79.9. The number of nitrogens with zero attached hydrogens (tertiary/aromatic N) is 1. The molecule has 1 aromatic carbocycles. The zero-order chi connectivity index (χ0) is 13.3. The van der Waals surface area contributed by atoms with E-state index in [1.807, 2.05) is 0 Å². The van der Waals surface area contributed by atoms with Crippen LogP contribution in [0.4, 0.5) is 5.69 Å². The van der Waals surface area contributed by atoms with Crippen molar-refractivity contribution in [1.82, 2.24) is 4.90 Å². The van der Waals surface area contributed by atoms with E-state index in [0.29, 0.717) is 12.1 Å². The fourth-order valence-electron chi connectivity index (χ4n) is 2.72. The van der Waals surface area contributed by atoms with E-state index in [0.717, 1.165) is 0 Å². The van der Waals surface area contributed by atoms with Crippen LogP contribution in [0.1, 0.15) is 30.9 Å². The number of hydrogen-bond acceptors (Lipinski definition) is 2. The molecule has 1 saturated heterocycles. The molecule has 2 unspecified atom stereocenters. The van der Waals surface area contributed by atoms with Gasteiger partial charge in [0.05, 0.1) is 5.69 Å². The summed E-state index contributed by atoms with van der Waals surface area (Å²) >= 11 is 3.68. The smallest absolute Gasteiger partial charge is 0.0516 e. The van der Waals surface area contributed by atoms with Gasteiger partial charge in [0.1, 0.15) is 0 Å². The van der Waals surface area contributed by atoms with Crippen molar-refractivity contribution in [3.05, 3.63) is 27.7 Å². The summed E-state index contributed by atoms with van der Waals surface area (Å²) in [6.45, 7) is 7.81. The van der Waals surface area contributed by atoms with Crippen LogP contribution in [-0.4, -0.2) is 30.6 Å². The molecule has 0 aliphatic carbocycles. The molecule has 1 N–H and O–H groups in total. The van der Waals surface area contributed by atoms with Crippen LogP contribution in [0.25, 0.3) is 0 Å². The summed E-state index contributed by atoms with van der Waals surface area (Å²) in [6, 6.07) is 5.69. The monoisotopic (exact) mass is 310 g/mol. The van der Waals surface area contributed by atoms with Gasteiger partial charge in [-0.25, -0.2) is 0 Å². The second kappa shape index (κ2) is 5.62. The summed E-state index contributed by atoms with van der Waals surface area (Å²) in [4.78, 5) is 2.44. The second-order valence-corrected chi connectivity index (χ2v) is 6.49. The lowest BCUT2D eigenvalue weighted by atomic mass is 9.98. The first-order valence-corrected chi connectivity index (χ1v) is 7.50. The Kier molecular flexibility index (Phi) is 4.33. The van der Waals surface area contributed by atoms with Crippen molar-refractivity contribution in [2.75, 3.05) is 18.9 Å². The minimum Gasteiger partial charge on any atom is -0.381 e. The number of likely N-dealkylation sites (tertiary alicyclic amines) is 1. The Morgan fingerprint density at radius 1 is 1.33 bits per heavy atom. The van der Waals surface area contributed by atoms with Crippen molar-refractivity contribution < 1.29 is 0 Å². The van der Waals surface area contributed by atoms with E-state index in [1.165, 1.54) is 40.7 Å². The fourth-order valence-corrected chi connectivity index (χ4v) is 3.51.